The maximum atomic E-state index is 3.75. The van der Waals surface area contributed by atoms with Gasteiger partial charge in [0, 0.05) is 36.6 Å². The van der Waals surface area contributed by atoms with E-state index >= 15 is 0 Å². The van der Waals surface area contributed by atoms with E-state index in [1.807, 2.05) is 0 Å². The molecule has 1 fully saturated rings. The zero-order valence-corrected chi connectivity index (χ0v) is 13.2. The Morgan fingerprint density at radius 1 is 1.37 bits per heavy atom. The second kappa shape index (κ2) is 6.10. The van der Waals surface area contributed by atoms with Gasteiger partial charge in [0.2, 0.25) is 0 Å². The first-order valence-corrected chi connectivity index (χ1v) is 7.62. The summed E-state index contributed by atoms with van der Waals surface area (Å²) in [7, 11) is 2.23. The van der Waals surface area contributed by atoms with Gasteiger partial charge in [-0.2, -0.15) is 0 Å². The summed E-state index contributed by atoms with van der Waals surface area (Å²) in [5.41, 5.74) is 4.27. The van der Waals surface area contributed by atoms with E-state index in [4.69, 9.17) is 0 Å². The topological polar surface area (TPSA) is 20.2 Å². The van der Waals surface area contributed by atoms with Crippen LogP contribution in [-0.4, -0.2) is 35.1 Å². The average molecular weight is 263 g/mol. The lowest BCUT2D eigenvalue weighted by molar-refractivity contribution is 0.168. The number of likely N-dealkylation sites (tertiary alicyclic amines) is 1. The minimum absolute atomic E-state index is 0.677. The molecule has 1 N–H and O–H groups in total. The van der Waals surface area contributed by atoms with Crippen LogP contribution < -0.4 is 5.32 Å². The predicted octanol–water partition coefficient (Wildman–Crippen LogP) is 2.70. The first-order valence-electron chi connectivity index (χ1n) is 7.62. The smallest absolute Gasteiger partial charge is 0.0225 e. The summed E-state index contributed by atoms with van der Waals surface area (Å²) in [6.45, 7) is 12.3. The van der Waals surface area contributed by atoms with Crippen molar-refractivity contribution in [3.63, 3.8) is 0 Å². The molecule has 0 radical (unpaired) electrons. The Morgan fingerprint density at radius 3 is 2.68 bits per heavy atom. The van der Waals surface area contributed by atoms with Crippen molar-refractivity contribution in [2.75, 3.05) is 13.6 Å². The van der Waals surface area contributed by atoms with Crippen LogP contribution >= 0.6 is 0 Å². The van der Waals surface area contributed by atoms with Gasteiger partial charge in [-0.15, -0.1) is 0 Å². The van der Waals surface area contributed by atoms with E-state index in [9.17, 15) is 0 Å². The SMILES string of the molecule is CCn1c(C)cc(CNC2CCN(C)C(C)C2)c1C. The molecule has 108 valence electrons. The summed E-state index contributed by atoms with van der Waals surface area (Å²) in [4.78, 5) is 2.46. The van der Waals surface area contributed by atoms with Crippen molar-refractivity contribution in [3.05, 3.63) is 23.0 Å². The Kier molecular flexibility index (Phi) is 4.69. The van der Waals surface area contributed by atoms with Crippen molar-refractivity contribution in [1.29, 1.82) is 0 Å². The van der Waals surface area contributed by atoms with Crippen molar-refractivity contribution in [2.45, 2.75) is 65.7 Å². The van der Waals surface area contributed by atoms with Gasteiger partial charge >= 0.3 is 0 Å². The molecule has 1 aliphatic heterocycles. The molecule has 0 amide bonds. The largest absolute Gasteiger partial charge is 0.349 e. The van der Waals surface area contributed by atoms with E-state index in [1.165, 1.54) is 36.3 Å². The maximum absolute atomic E-state index is 3.75. The third-order valence-corrected chi connectivity index (χ3v) is 4.78. The second-order valence-corrected chi connectivity index (χ2v) is 6.07. The van der Waals surface area contributed by atoms with Gasteiger partial charge in [-0.3, -0.25) is 0 Å². The fourth-order valence-electron chi connectivity index (χ4n) is 3.27. The molecule has 2 atom stereocenters. The summed E-state index contributed by atoms with van der Waals surface area (Å²) in [5.74, 6) is 0. The number of nitrogens with zero attached hydrogens (tertiary/aromatic N) is 2. The van der Waals surface area contributed by atoms with Crippen LogP contribution in [0.5, 0.6) is 0 Å². The van der Waals surface area contributed by atoms with Gasteiger partial charge in [0.15, 0.2) is 0 Å². The Balaban J connectivity index is 1.92. The number of hydrogen-bond acceptors (Lipinski definition) is 2. The van der Waals surface area contributed by atoms with Crippen LogP contribution in [0.3, 0.4) is 0 Å². The summed E-state index contributed by atoms with van der Waals surface area (Å²) in [6.07, 6.45) is 2.54. The first-order chi connectivity index (χ1) is 9.02. The minimum atomic E-state index is 0.677. The van der Waals surface area contributed by atoms with Crippen LogP contribution in [0.2, 0.25) is 0 Å². The van der Waals surface area contributed by atoms with Crippen LogP contribution in [0.1, 0.15) is 43.6 Å². The molecule has 3 nitrogen and oxygen atoms in total. The van der Waals surface area contributed by atoms with Crippen LogP contribution in [0.4, 0.5) is 0 Å². The zero-order chi connectivity index (χ0) is 14.0. The van der Waals surface area contributed by atoms with Crippen LogP contribution in [0, 0.1) is 13.8 Å². The number of aryl methyl sites for hydroxylation is 1. The van der Waals surface area contributed by atoms with E-state index in [0.717, 1.165) is 13.1 Å². The van der Waals surface area contributed by atoms with Crippen LogP contribution in [0.15, 0.2) is 6.07 Å². The molecule has 0 bridgehead atoms. The zero-order valence-electron chi connectivity index (χ0n) is 13.2. The molecule has 2 unspecified atom stereocenters. The number of piperidine rings is 1. The summed E-state index contributed by atoms with van der Waals surface area (Å²) in [5, 5.41) is 3.75. The second-order valence-electron chi connectivity index (χ2n) is 6.07. The molecule has 2 rings (SSSR count). The summed E-state index contributed by atoms with van der Waals surface area (Å²) < 4.78 is 2.40. The third-order valence-electron chi connectivity index (χ3n) is 4.78. The molecule has 0 saturated carbocycles. The van der Waals surface area contributed by atoms with Gasteiger partial charge in [0.1, 0.15) is 0 Å². The van der Waals surface area contributed by atoms with Gasteiger partial charge in [-0.25, -0.2) is 0 Å². The molecular weight excluding hydrogens is 234 g/mol. The van der Waals surface area contributed by atoms with E-state index in [-0.39, 0.29) is 0 Å². The number of hydrogen-bond donors (Lipinski definition) is 1. The molecule has 0 aromatic carbocycles. The Bertz CT molecular complexity index is 422. The molecule has 1 aliphatic rings. The van der Waals surface area contributed by atoms with Crippen molar-refractivity contribution in [2.24, 2.45) is 0 Å². The summed E-state index contributed by atoms with van der Waals surface area (Å²) >= 11 is 0. The fourth-order valence-corrected chi connectivity index (χ4v) is 3.27. The molecule has 1 aromatic heterocycles. The van der Waals surface area contributed by atoms with Crippen LogP contribution in [-0.2, 0) is 13.1 Å². The van der Waals surface area contributed by atoms with Crippen molar-refractivity contribution in [1.82, 2.24) is 14.8 Å². The number of aromatic nitrogens is 1. The van der Waals surface area contributed by atoms with Crippen molar-refractivity contribution in [3.8, 4) is 0 Å². The number of nitrogens with one attached hydrogen (secondary N) is 1. The quantitative estimate of drug-likeness (QED) is 0.901. The van der Waals surface area contributed by atoms with Crippen LogP contribution in [0.25, 0.3) is 0 Å². The molecule has 3 heteroatoms. The minimum Gasteiger partial charge on any atom is -0.349 e. The highest BCUT2D eigenvalue weighted by Gasteiger charge is 2.22. The lowest BCUT2D eigenvalue weighted by atomic mass is 9.99. The van der Waals surface area contributed by atoms with Gasteiger partial charge in [-0.05, 0) is 65.8 Å². The molecule has 1 aromatic rings. The Labute approximate surface area is 118 Å². The van der Waals surface area contributed by atoms with E-state index in [0.29, 0.717) is 12.1 Å². The highest BCUT2D eigenvalue weighted by atomic mass is 15.1. The van der Waals surface area contributed by atoms with Gasteiger partial charge in [-0.1, -0.05) is 0 Å². The van der Waals surface area contributed by atoms with Gasteiger partial charge in [0.25, 0.3) is 0 Å². The normalized spacial score (nSPS) is 24.9. The van der Waals surface area contributed by atoms with Crippen molar-refractivity contribution >= 4 is 0 Å². The average Bonchev–Trinajstić information content (AvgIpc) is 2.65. The van der Waals surface area contributed by atoms with E-state index < -0.39 is 0 Å². The molecule has 0 spiro atoms. The predicted molar refractivity (Wildman–Crippen MR) is 81.5 cm³/mol. The highest BCUT2D eigenvalue weighted by Crippen LogP contribution is 2.18. The summed E-state index contributed by atoms with van der Waals surface area (Å²) in [6, 6.07) is 3.72. The molecular formula is C16H29N3. The van der Waals surface area contributed by atoms with E-state index in [2.05, 4.69) is 55.6 Å². The lowest BCUT2D eigenvalue weighted by Gasteiger charge is -2.35. The third kappa shape index (κ3) is 3.21. The van der Waals surface area contributed by atoms with Crippen molar-refractivity contribution < 1.29 is 0 Å². The highest BCUT2D eigenvalue weighted by molar-refractivity contribution is 5.26. The fraction of sp³-hybridized carbons (Fsp3) is 0.750. The van der Waals surface area contributed by atoms with Gasteiger partial charge < -0.3 is 14.8 Å². The Hall–Kier alpha value is -0.800. The molecule has 2 heterocycles. The molecule has 19 heavy (non-hydrogen) atoms. The monoisotopic (exact) mass is 263 g/mol. The van der Waals surface area contributed by atoms with E-state index in [1.54, 1.807) is 0 Å². The number of rotatable bonds is 4. The standard InChI is InChI=1S/C16H29N3/c1-6-19-13(3)9-15(14(19)4)11-17-16-7-8-18(5)12(2)10-16/h9,12,16-17H,6-8,10-11H2,1-5H3. The molecule has 0 aliphatic carbocycles. The molecule has 1 saturated heterocycles. The Morgan fingerprint density at radius 2 is 2.11 bits per heavy atom. The maximum Gasteiger partial charge on any atom is 0.0225 e. The lowest BCUT2D eigenvalue weighted by Crippen LogP contribution is -2.45. The van der Waals surface area contributed by atoms with Gasteiger partial charge in [0.05, 0.1) is 0 Å². The first kappa shape index (κ1) is 14.6.